The maximum Gasteiger partial charge on any atom is -0.00151 e. The summed E-state index contributed by atoms with van der Waals surface area (Å²) in [6.07, 6.45) is 5.86. The van der Waals surface area contributed by atoms with Crippen LogP contribution >= 0.6 is 0 Å². The molecule has 0 heterocycles. The monoisotopic (exact) mass is 167 g/mol. The first-order chi connectivity index (χ1) is 5.68. The van der Waals surface area contributed by atoms with E-state index in [0.717, 1.165) is 11.8 Å². The molecular weight excluding hydrogens is 146 g/mol. The van der Waals surface area contributed by atoms with Crippen LogP contribution in [0, 0.1) is 17.3 Å². The highest BCUT2D eigenvalue weighted by Crippen LogP contribution is 2.51. The van der Waals surface area contributed by atoms with Crippen molar-refractivity contribution in [2.45, 2.75) is 39.5 Å². The predicted octanol–water partition coefficient (Wildman–Crippen LogP) is 2.42. The minimum atomic E-state index is 0.659. The van der Waals surface area contributed by atoms with E-state index in [0.29, 0.717) is 5.41 Å². The molecule has 0 aromatic carbocycles. The Morgan fingerprint density at radius 1 is 1.25 bits per heavy atom. The van der Waals surface area contributed by atoms with E-state index in [1.165, 1.54) is 38.8 Å². The molecule has 1 unspecified atom stereocenters. The maximum absolute atomic E-state index is 3.60. The molecule has 0 aliphatic heterocycles. The molecule has 2 fully saturated rings. The standard InChI is InChI=1S/C11H21N/c1-11(2)6-10(11)8-12-7-9-4-3-5-9/h9-10,12H,3-8H2,1-2H3. The van der Waals surface area contributed by atoms with Gasteiger partial charge in [0.05, 0.1) is 0 Å². The minimum Gasteiger partial charge on any atom is -0.316 e. The van der Waals surface area contributed by atoms with Crippen molar-refractivity contribution in [3.63, 3.8) is 0 Å². The normalized spacial score (nSPS) is 33.0. The van der Waals surface area contributed by atoms with E-state index in [2.05, 4.69) is 19.2 Å². The second-order valence-electron chi connectivity index (χ2n) is 5.34. The van der Waals surface area contributed by atoms with E-state index in [-0.39, 0.29) is 0 Å². The molecule has 0 bridgehead atoms. The molecule has 12 heavy (non-hydrogen) atoms. The Morgan fingerprint density at radius 2 is 1.92 bits per heavy atom. The van der Waals surface area contributed by atoms with Crippen molar-refractivity contribution in [2.75, 3.05) is 13.1 Å². The quantitative estimate of drug-likeness (QED) is 0.678. The Kier molecular flexibility index (Phi) is 2.16. The fraction of sp³-hybridized carbons (Fsp3) is 1.00. The lowest BCUT2D eigenvalue weighted by molar-refractivity contribution is 0.298. The first kappa shape index (κ1) is 8.55. The first-order valence-corrected chi connectivity index (χ1v) is 5.39. The topological polar surface area (TPSA) is 12.0 Å². The van der Waals surface area contributed by atoms with Crippen molar-refractivity contribution in [1.29, 1.82) is 0 Å². The second-order valence-corrected chi connectivity index (χ2v) is 5.34. The Labute approximate surface area is 75.9 Å². The Bertz CT molecular complexity index is 158. The summed E-state index contributed by atoms with van der Waals surface area (Å²) in [6, 6.07) is 0. The highest BCUT2D eigenvalue weighted by Gasteiger charge is 2.44. The van der Waals surface area contributed by atoms with Gasteiger partial charge in [-0.05, 0) is 49.6 Å². The molecule has 1 heteroatoms. The molecule has 1 nitrogen and oxygen atoms in total. The zero-order chi connectivity index (χ0) is 8.60. The summed E-state index contributed by atoms with van der Waals surface area (Å²) in [7, 11) is 0. The van der Waals surface area contributed by atoms with Crippen LogP contribution in [0.4, 0.5) is 0 Å². The van der Waals surface area contributed by atoms with Gasteiger partial charge in [0, 0.05) is 0 Å². The van der Waals surface area contributed by atoms with E-state index in [1.807, 2.05) is 0 Å². The number of rotatable bonds is 4. The van der Waals surface area contributed by atoms with Crippen molar-refractivity contribution >= 4 is 0 Å². The van der Waals surface area contributed by atoms with Crippen LogP contribution in [0.3, 0.4) is 0 Å². The molecular formula is C11H21N. The van der Waals surface area contributed by atoms with Gasteiger partial charge in [-0.1, -0.05) is 20.3 Å². The van der Waals surface area contributed by atoms with Crippen LogP contribution in [-0.2, 0) is 0 Å². The molecule has 0 saturated heterocycles. The van der Waals surface area contributed by atoms with Crippen LogP contribution in [0.5, 0.6) is 0 Å². The third-order valence-electron chi connectivity index (χ3n) is 3.77. The lowest BCUT2D eigenvalue weighted by Crippen LogP contribution is -2.29. The van der Waals surface area contributed by atoms with Crippen molar-refractivity contribution in [3.8, 4) is 0 Å². The molecule has 0 radical (unpaired) electrons. The van der Waals surface area contributed by atoms with Crippen LogP contribution in [0.2, 0.25) is 0 Å². The zero-order valence-corrected chi connectivity index (χ0v) is 8.40. The molecule has 0 aromatic heterocycles. The fourth-order valence-electron chi connectivity index (χ4n) is 2.08. The van der Waals surface area contributed by atoms with Gasteiger partial charge in [0.25, 0.3) is 0 Å². The average molecular weight is 167 g/mol. The SMILES string of the molecule is CC1(C)CC1CNCC1CCC1. The van der Waals surface area contributed by atoms with Crippen molar-refractivity contribution in [3.05, 3.63) is 0 Å². The largest absolute Gasteiger partial charge is 0.316 e. The highest BCUT2D eigenvalue weighted by molar-refractivity contribution is 4.96. The summed E-state index contributed by atoms with van der Waals surface area (Å²) >= 11 is 0. The van der Waals surface area contributed by atoms with Crippen molar-refractivity contribution < 1.29 is 0 Å². The van der Waals surface area contributed by atoms with Gasteiger partial charge in [-0.2, -0.15) is 0 Å². The third kappa shape index (κ3) is 1.82. The number of nitrogens with one attached hydrogen (secondary N) is 1. The van der Waals surface area contributed by atoms with Gasteiger partial charge in [0.15, 0.2) is 0 Å². The van der Waals surface area contributed by atoms with Gasteiger partial charge >= 0.3 is 0 Å². The van der Waals surface area contributed by atoms with Crippen LogP contribution in [0.15, 0.2) is 0 Å². The fourth-order valence-corrected chi connectivity index (χ4v) is 2.08. The molecule has 2 rings (SSSR count). The summed E-state index contributed by atoms with van der Waals surface area (Å²) in [5.74, 6) is 1.99. The van der Waals surface area contributed by atoms with Gasteiger partial charge in [-0.15, -0.1) is 0 Å². The summed E-state index contributed by atoms with van der Waals surface area (Å²) in [5.41, 5.74) is 0.659. The first-order valence-electron chi connectivity index (χ1n) is 5.39. The molecule has 2 saturated carbocycles. The Morgan fingerprint density at radius 3 is 2.33 bits per heavy atom. The molecule has 1 atom stereocenters. The van der Waals surface area contributed by atoms with E-state index < -0.39 is 0 Å². The smallest absolute Gasteiger partial charge is 0.00151 e. The zero-order valence-electron chi connectivity index (χ0n) is 8.40. The Hall–Kier alpha value is -0.0400. The van der Waals surface area contributed by atoms with E-state index in [1.54, 1.807) is 0 Å². The van der Waals surface area contributed by atoms with Gasteiger partial charge < -0.3 is 5.32 Å². The molecule has 2 aliphatic rings. The van der Waals surface area contributed by atoms with Gasteiger partial charge in [-0.25, -0.2) is 0 Å². The summed E-state index contributed by atoms with van der Waals surface area (Å²) in [6.45, 7) is 7.31. The molecule has 0 aromatic rings. The molecule has 0 spiro atoms. The van der Waals surface area contributed by atoms with Crippen LogP contribution in [0.25, 0.3) is 0 Å². The molecule has 0 amide bonds. The van der Waals surface area contributed by atoms with Crippen molar-refractivity contribution in [1.82, 2.24) is 5.32 Å². The minimum absolute atomic E-state index is 0.659. The van der Waals surface area contributed by atoms with Gasteiger partial charge in [0.1, 0.15) is 0 Å². The molecule has 70 valence electrons. The summed E-state index contributed by atoms with van der Waals surface area (Å²) in [4.78, 5) is 0. The van der Waals surface area contributed by atoms with Gasteiger partial charge in [-0.3, -0.25) is 0 Å². The molecule has 2 aliphatic carbocycles. The second kappa shape index (κ2) is 3.02. The van der Waals surface area contributed by atoms with Crippen molar-refractivity contribution in [2.24, 2.45) is 17.3 Å². The Balaban J connectivity index is 1.52. The summed E-state index contributed by atoms with van der Waals surface area (Å²) in [5, 5.41) is 3.60. The number of hydrogen-bond acceptors (Lipinski definition) is 1. The lowest BCUT2D eigenvalue weighted by atomic mass is 9.85. The maximum atomic E-state index is 3.60. The number of hydrogen-bond donors (Lipinski definition) is 1. The molecule has 1 N–H and O–H groups in total. The third-order valence-corrected chi connectivity index (χ3v) is 3.77. The highest BCUT2D eigenvalue weighted by atomic mass is 14.9. The van der Waals surface area contributed by atoms with E-state index >= 15 is 0 Å². The van der Waals surface area contributed by atoms with Gasteiger partial charge in [0.2, 0.25) is 0 Å². The summed E-state index contributed by atoms with van der Waals surface area (Å²) < 4.78 is 0. The van der Waals surface area contributed by atoms with Crippen LogP contribution in [-0.4, -0.2) is 13.1 Å². The average Bonchev–Trinajstić information content (AvgIpc) is 2.47. The van der Waals surface area contributed by atoms with E-state index in [9.17, 15) is 0 Å². The van der Waals surface area contributed by atoms with Crippen LogP contribution < -0.4 is 5.32 Å². The lowest BCUT2D eigenvalue weighted by Gasteiger charge is -2.25. The predicted molar refractivity (Wildman–Crippen MR) is 52.1 cm³/mol. The van der Waals surface area contributed by atoms with Crippen LogP contribution in [0.1, 0.15) is 39.5 Å². The van der Waals surface area contributed by atoms with E-state index in [4.69, 9.17) is 0 Å².